The van der Waals surface area contributed by atoms with Crippen molar-refractivity contribution in [2.75, 3.05) is 43.4 Å². The number of anilines is 2. The lowest BCUT2D eigenvalue weighted by Crippen LogP contribution is -2.35. The van der Waals surface area contributed by atoms with Crippen LogP contribution in [0.5, 0.6) is 0 Å². The first-order valence-corrected chi connectivity index (χ1v) is 13.6. The van der Waals surface area contributed by atoms with E-state index in [1.807, 2.05) is 19.1 Å². The van der Waals surface area contributed by atoms with Gasteiger partial charge in [-0.25, -0.2) is 4.98 Å². The highest BCUT2D eigenvalue weighted by molar-refractivity contribution is 5.43. The maximum absolute atomic E-state index is 5.52. The van der Waals surface area contributed by atoms with Gasteiger partial charge in [-0.2, -0.15) is 4.98 Å². The molecule has 0 bridgehead atoms. The normalized spacial score (nSPS) is 15.3. The number of nitrogens with one attached hydrogen (secondary N) is 5. The number of piperidine rings is 1. The maximum Gasteiger partial charge on any atom is 0.225 e. The van der Waals surface area contributed by atoms with Crippen LogP contribution in [0, 0.1) is 6.92 Å². The molecule has 1 fully saturated rings. The maximum atomic E-state index is 5.52. The first kappa shape index (κ1) is 27.4. The zero-order valence-corrected chi connectivity index (χ0v) is 22.0. The minimum absolute atomic E-state index is 0.460. The Morgan fingerprint density at radius 3 is 2.71 bits per heavy atom. The van der Waals surface area contributed by atoms with E-state index < -0.39 is 0 Å². The predicted molar refractivity (Wildman–Crippen MR) is 143 cm³/mol. The number of hydrogen-bond acceptors (Lipinski definition) is 9. The fourth-order valence-corrected chi connectivity index (χ4v) is 4.45. The second kappa shape index (κ2) is 15.7. The molecule has 1 unspecified atom stereocenters. The van der Waals surface area contributed by atoms with Gasteiger partial charge in [0.2, 0.25) is 5.95 Å². The second-order valence-corrected chi connectivity index (χ2v) is 9.58. The quantitative estimate of drug-likeness (QED) is 0.214. The van der Waals surface area contributed by atoms with Gasteiger partial charge in [0.15, 0.2) is 0 Å². The molecule has 0 amide bonds. The summed E-state index contributed by atoms with van der Waals surface area (Å²) in [6.07, 6.45) is 9.04. The average Bonchev–Trinajstić information content (AvgIpc) is 3.31. The minimum atomic E-state index is 0.460. The Labute approximate surface area is 211 Å². The third-order valence-electron chi connectivity index (χ3n) is 6.45. The first-order chi connectivity index (χ1) is 17.2. The van der Waals surface area contributed by atoms with Gasteiger partial charge in [-0.15, -0.1) is 0 Å². The van der Waals surface area contributed by atoms with Crippen LogP contribution in [-0.2, 0) is 13.0 Å². The summed E-state index contributed by atoms with van der Waals surface area (Å²) >= 11 is 0. The van der Waals surface area contributed by atoms with Crippen molar-refractivity contribution in [2.45, 2.75) is 90.8 Å². The highest BCUT2D eigenvalue weighted by atomic mass is 16.5. The van der Waals surface area contributed by atoms with E-state index >= 15 is 0 Å². The molecule has 1 atom stereocenters. The van der Waals surface area contributed by atoms with Crippen LogP contribution in [0.25, 0.3) is 0 Å². The lowest BCUT2D eigenvalue weighted by Gasteiger charge is -2.24. The molecular weight excluding hydrogens is 440 g/mol. The fraction of sp³-hybridized carbons (Fsp3) is 0.731. The summed E-state index contributed by atoms with van der Waals surface area (Å²) in [5.74, 6) is 2.42. The van der Waals surface area contributed by atoms with Crippen LogP contribution >= 0.6 is 0 Å². The Morgan fingerprint density at radius 1 is 1.09 bits per heavy atom. The predicted octanol–water partition coefficient (Wildman–Crippen LogP) is 3.63. The van der Waals surface area contributed by atoms with Crippen molar-refractivity contribution in [2.24, 2.45) is 0 Å². The van der Waals surface area contributed by atoms with E-state index in [2.05, 4.69) is 55.6 Å². The van der Waals surface area contributed by atoms with Crippen molar-refractivity contribution in [3.8, 4) is 0 Å². The van der Waals surface area contributed by atoms with Gasteiger partial charge >= 0.3 is 0 Å². The van der Waals surface area contributed by atoms with Crippen LogP contribution in [0.1, 0.15) is 75.9 Å². The van der Waals surface area contributed by atoms with Crippen molar-refractivity contribution in [3.05, 3.63) is 29.3 Å². The molecule has 1 aliphatic rings. The van der Waals surface area contributed by atoms with Crippen LogP contribution in [0.4, 0.5) is 11.8 Å². The van der Waals surface area contributed by atoms with E-state index in [4.69, 9.17) is 4.52 Å². The lowest BCUT2D eigenvalue weighted by atomic mass is 10.1. The fourth-order valence-electron chi connectivity index (χ4n) is 4.45. The highest BCUT2D eigenvalue weighted by Crippen LogP contribution is 2.15. The number of hydrogen-bond donors (Lipinski definition) is 5. The second-order valence-electron chi connectivity index (χ2n) is 9.58. The van der Waals surface area contributed by atoms with Crippen LogP contribution in [-0.4, -0.2) is 59.9 Å². The number of aromatic nitrogens is 3. The molecular formula is C26H46N8O. The van der Waals surface area contributed by atoms with Gasteiger partial charge in [0.25, 0.3) is 0 Å². The molecule has 0 aliphatic carbocycles. The molecule has 3 heterocycles. The molecule has 2 aromatic heterocycles. The van der Waals surface area contributed by atoms with Crippen LogP contribution in [0.3, 0.4) is 0 Å². The SMILES string of the molecule is CCCC(CC)NCCCNCCCc1cc(CNc2nc(C)cc(NC3CCNCC3)n2)no1. The van der Waals surface area contributed by atoms with Crippen molar-refractivity contribution in [1.82, 2.24) is 31.1 Å². The van der Waals surface area contributed by atoms with E-state index in [0.717, 1.165) is 87.8 Å². The standard InChI is InChI=1S/C26H46N8O/c1-4-8-21(5-2)29-14-7-13-27-12-6-9-24-18-23(34-35-24)19-30-26-31-20(3)17-25(33-26)32-22-10-15-28-16-11-22/h17-18,21-22,27-29H,4-16,19H2,1-3H3,(H2,30,31,32,33). The molecule has 9 nitrogen and oxygen atoms in total. The number of rotatable bonds is 17. The molecule has 0 radical (unpaired) electrons. The van der Waals surface area contributed by atoms with Gasteiger partial charge in [-0.1, -0.05) is 25.4 Å². The molecule has 0 spiro atoms. The Morgan fingerprint density at radius 2 is 1.91 bits per heavy atom. The van der Waals surface area contributed by atoms with E-state index in [9.17, 15) is 0 Å². The van der Waals surface area contributed by atoms with Gasteiger partial charge in [0, 0.05) is 36.3 Å². The zero-order valence-electron chi connectivity index (χ0n) is 22.0. The Hall–Kier alpha value is -2.23. The molecule has 0 saturated carbocycles. The summed E-state index contributed by atoms with van der Waals surface area (Å²) in [6.45, 7) is 12.3. The molecule has 35 heavy (non-hydrogen) atoms. The topological polar surface area (TPSA) is 112 Å². The average molecular weight is 487 g/mol. The van der Waals surface area contributed by atoms with E-state index in [1.54, 1.807) is 0 Å². The summed E-state index contributed by atoms with van der Waals surface area (Å²) in [4.78, 5) is 9.16. The minimum Gasteiger partial charge on any atom is -0.367 e. The molecule has 9 heteroatoms. The van der Waals surface area contributed by atoms with Gasteiger partial charge in [-0.05, 0) is 78.2 Å². The molecule has 1 saturated heterocycles. The van der Waals surface area contributed by atoms with Crippen molar-refractivity contribution in [1.29, 1.82) is 0 Å². The van der Waals surface area contributed by atoms with Gasteiger partial charge in [0.05, 0.1) is 6.54 Å². The summed E-state index contributed by atoms with van der Waals surface area (Å²) in [5.41, 5.74) is 1.81. The largest absolute Gasteiger partial charge is 0.367 e. The molecule has 3 rings (SSSR count). The molecule has 5 N–H and O–H groups in total. The summed E-state index contributed by atoms with van der Waals surface area (Å²) in [6, 6.07) is 5.16. The van der Waals surface area contributed by atoms with E-state index in [0.29, 0.717) is 24.6 Å². The van der Waals surface area contributed by atoms with Gasteiger partial charge < -0.3 is 31.1 Å². The van der Waals surface area contributed by atoms with Crippen LogP contribution < -0.4 is 26.6 Å². The smallest absolute Gasteiger partial charge is 0.225 e. The zero-order chi connectivity index (χ0) is 24.7. The summed E-state index contributed by atoms with van der Waals surface area (Å²) < 4.78 is 5.52. The molecule has 0 aromatic carbocycles. The van der Waals surface area contributed by atoms with Crippen molar-refractivity contribution in [3.63, 3.8) is 0 Å². The van der Waals surface area contributed by atoms with Crippen LogP contribution in [0.2, 0.25) is 0 Å². The Balaban J connectivity index is 1.30. The monoisotopic (exact) mass is 486 g/mol. The Kier molecular flexibility index (Phi) is 12.3. The summed E-state index contributed by atoms with van der Waals surface area (Å²) in [7, 11) is 0. The first-order valence-electron chi connectivity index (χ1n) is 13.6. The molecule has 2 aromatic rings. The van der Waals surface area contributed by atoms with E-state index in [1.165, 1.54) is 19.3 Å². The van der Waals surface area contributed by atoms with E-state index in [-0.39, 0.29) is 0 Å². The number of nitrogens with zero attached hydrogens (tertiary/aromatic N) is 3. The third kappa shape index (κ3) is 10.5. The third-order valence-corrected chi connectivity index (χ3v) is 6.45. The van der Waals surface area contributed by atoms with Gasteiger partial charge in [-0.3, -0.25) is 0 Å². The highest BCUT2D eigenvalue weighted by Gasteiger charge is 2.14. The Bertz CT molecular complexity index is 837. The van der Waals surface area contributed by atoms with Crippen molar-refractivity contribution >= 4 is 11.8 Å². The molecule has 1 aliphatic heterocycles. The number of aryl methyl sites for hydroxylation is 2. The van der Waals surface area contributed by atoms with Gasteiger partial charge in [0.1, 0.15) is 17.3 Å². The van der Waals surface area contributed by atoms with Crippen molar-refractivity contribution < 1.29 is 4.52 Å². The molecule has 196 valence electrons. The van der Waals surface area contributed by atoms with Crippen LogP contribution in [0.15, 0.2) is 16.7 Å². The summed E-state index contributed by atoms with van der Waals surface area (Å²) in [5, 5.41) is 21.6. The lowest BCUT2D eigenvalue weighted by molar-refractivity contribution is 0.374.